The molecule has 1 aliphatic rings. The van der Waals surface area contributed by atoms with Crippen LogP contribution in [0.4, 0.5) is 0 Å². The highest BCUT2D eigenvalue weighted by Gasteiger charge is 2.41. The number of hydrogen-bond acceptors (Lipinski definition) is 3. The molecule has 1 N–H and O–H groups in total. The highest BCUT2D eigenvalue weighted by atomic mass is 32.2. The zero-order valence-corrected chi connectivity index (χ0v) is 12.0. The van der Waals surface area contributed by atoms with Crippen LogP contribution in [-0.4, -0.2) is 36.5 Å². The Morgan fingerprint density at radius 3 is 2.37 bits per heavy atom. The molecule has 0 amide bonds. The first-order valence-corrected chi connectivity index (χ1v) is 7.62. The third kappa shape index (κ3) is 2.73. The van der Waals surface area contributed by atoms with Gasteiger partial charge in [-0.15, -0.1) is 0 Å². The van der Waals surface area contributed by atoms with Gasteiger partial charge in [-0.3, -0.25) is 0 Å². The first-order valence-electron chi connectivity index (χ1n) is 6.18. The topological polar surface area (TPSA) is 57.6 Å². The number of benzene rings is 1. The Morgan fingerprint density at radius 1 is 1.32 bits per heavy atom. The molecule has 104 valence electrons. The Morgan fingerprint density at radius 2 is 1.89 bits per heavy atom. The van der Waals surface area contributed by atoms with Crippen molar-refractivity contribution < 1.29 is 13.5 Å². The molecule has 1 aromatic rings. The molecule has 19 heavy (non-hydrogen) atoms. The fourth-order valence-corrected chi connectivity index (χ4v) is 3.86. The van der Waals surface area contributed by atoms with Crippen LogP contribution in [0.5, 0.6) is 0 Å². The Hall–Kier alpha value is -1.17. The number of aliphatic hydroxyl groups is 1. The molecule has 0 saturated carbocycles. The molecule has 1 atom stereocenters. The summed E-state index contributed by atoms with van der Waals surface area (Å²) in [5, 5.41) is 10.1. The zero-order valence-electron chi connectivity index (χ0n) is 11.2. The summed E-state index contributed by atoms with van der Waals surface area (Å²) in [5.74, 6) is -0.231. The average molecular weight is 281 g/mol. The third-order valence-corrected chi connectivity index (χ3v) is 5.32. The fraction of sp³-hybridized carbons (Fsp3) is 0.429. The van der Waals surface area contributed by atoms with E-state index in [1.54, 1.807) is 44.2 Å². The lowest BCUT2D eigenvalue weighted by Crippen LogP contribution is -2.35. The number of nitrogens with zero attached hydrogens (tertiary/aromatic N) is 1. The molecule has 1 fully saturated rings. The summed E-state index contributed by atoms with van der Waals surface area (Å²) in [6.45, 7) is 7.80. The van der Waals surface area contributed by atoms with Gasteiger partial charge in [0.05, 0.1) is 10.5 Å². The third-order valence-electron chi connectivity index (χ3n) is 3.49. The van der Waals surface area contributed by atoms with Crippen molar-refractivity contribution in [1.82, 2.24) is 4.31 Å². The van der Waals surface area contributed by atoms with Crippen molar-refractivity contribution in [2.75, 3.05) is 13.1 Å². The molecule has 4 nitrogen and oxygen atoms in total. The molecular formula is C14H19NO3S. The first-order chi connectivity index (χ1) is 8.73. The maximum Gasteiger partial charge on any atom is 0.243 e. The highest BCUT2D eigenvalue weighted by Crippen LogP contribution is 2.33. The van der Waals surface area contributed by atoms with E-state index in [-0.39, 0.29) is 23.9 Å². The lowest BCUT2D eigenvalue weighted by atomic mass is 9.88. The molecule has 0 radical (unpaired) electrons. The molecule has 0 aromatic heterocycles. The number of hydrogen-bond donors (Lipinski definition) is 1. The van der Waals surface area contributed by atoms with E-state index in [1.807, 2.05) is 0 Å². The van der Waals surface area contributed by atoms with Gasteiger partial charge < -0.3 is 5.11 Å². The molecule has 1 saturated heterocycles. The van der Waals surface area contributed by atoms with Crippen molar-refractivity contribution in [3.8, 4) is 0 Å². The summed E-state index contributed by atoms with van der Waals surface area (Å²) in [5.41, 5.74) is -0.204. The van der Waals surface area contributed by atoms with Gasteiger partial charge in [0.2, 0.25) is 10.0 Å². The van der Waals surface area contributed by atoms with Crippen molar-refractivity contribution >= 4 is 10.0 Å². The highest BCUT2D eigenvalue weighted by molar-refractivity contribution is 7.89. The summed E-state index contributed by atoms with van der Waals surface area (Å²) in [4.78, 5) is 0.277. The fourth-order valence-electron chi connectivity index (χ4n) is 2.38. The summed E-state index contributed by atoms with van der Waals surface area (Å²) in [7, 11) is -3.50. The van der Waals surface area contributed by atoms with E-state index in [4.69, 9.17) is 0 Å². The Labute approximate surface area is 114 Å². The minimum absolute atomic E-state index is 0.231. The zero-order chi connectivity index (χ0) is 14.3. The van der Waals surface area contributed by atoms with Crippen LogP contribution >= 0.6 is 0 Å². The van der Waals surface area contributed by atoms with Crippen LogP contribution in [0.25, 0.3) is 0 Å². The van der Waals surface area contributed by atoms with Gasteiger partial charge >= 0.3 is 0 Å². The van der Waals surface area contributed by atoms with Crippen molar-refractivity contribution in [3.05, 3.63) is 42.5 Å². The van der Waals surface area contributed by atoms with E-state index in [1.165, 1.54) is 4.31 Å². The van der Waals surface area contributed by atoms with Crippen LogP contribution in [0, 0.1) is 5.92 Å². The second kappa shape index (κ2) is 4.74. The van der Waals surface area contributed by atoms with Gasteiger partial charge in [-0.2, -0.15) is 4.31 Å². The van der Waals surface area contributed by atoms with E-state index in [2.05, 4.69) is 6.58 Å². The number of sulfonamides is 1. The summed E-state index contributed by atoms with van der Waals surface area (Å²) in [6.07, 6.45) is 0. The number of rotatable bonds is 3. The van der Waals surface area contributed by atoms with Gasteiger partial charge in [0, 0.05) is 19.0 Å². The van der Waals surface area contributed by atoms with E-state index < -0.39 is 15.6 Å². The monoisotopic (exact) mass is 281 g/mol. The van der Waals surface area contributed by atoms with Gasteiger partial charge in [0.1, 0.15) is 0 Å². The van der Waals surface area contributed by atoms with Crippen molar-refractivity contribution in [3.63, 3.8) is 0 Å². The lowest BCUT2D eigenvalue weighted by Gasteiger charge is -2.26. The maximum atomic E-state index is 12.5. The lowest BCUT2D eigenvalue weighted by molar-refractivity contribution is 0.0368. The predicted molar refractivity (Wildman–Crippen MR) is 74.1 cm³/mol. The smallest absolute Gasteiger partial charge is 0.243 e. The van der Waals surface area contributed by atoms with Crippen molar-refractivity contribution in [2.24, 2.45) is 5.92 Å². The molecule has 0 spiro atoms. The van der Waals surface area contributed by atoms with Crippen LogP contribution in [0.2, 0.25) is 0 Å². The van der Waals surface area contributed by atoms with Crippen LogP contribution in [0.3, 0.4) is 0 Å². The minimum atomic E-state index is -3.50. The summed E-state index contributed by atoms with van der Waals surface area (Å²) >= 11 is 0. The van der Waals surface area contributed by atoms with Crippen LogP contribution in [0.15, 0.2) is 47.4 Å². The molecule has 5 heteroatoms. The van der Waals surface area contributed by atoms with E-state index in [9.17, 15) is 13.5 Å². The van der Waals surface area contributed by atoms with Crippen LogP contribution in [0.1, 0.15) is 13.8 Å². The largest absolute Gasteiger partial charge is 0.390 e. The Kier molecular flexibility index (Phi) is 3.55. The van der Waals surface area contributed by atoms with E-state index in [0.717, 1.165) is 5.57 Å². The van der Waals surface area contributed by atoms with Gasteiger partial charge in [-0.1, -0.05) is 30.4 Å². The van der Waals surface area contributed by atoms with Gasteiger partial charge in [0.25, 0.3) is 0 Å². The molecule has 1 aliphatic heterocycles. The minimum Gasteiger partial charge on any atom is -0.390 e. The molecule has 2 rings (SSSR count). The van der Waals surface area contributed by atoms with Gasteiger partial charge in [-0.25, -0.2) is 8.42 Å². The molecule has 1 heterocycles. The summed E-state index contributed by atoms with van der Waals surface area (Å²) in [6, 6.07) is 8.34. The van der Waals surface area contributed by atoms with Crippen LogP contribution in [-0.2, 0) is 10.0 Å². The Bertz CT molecular complexity index is 572. The summed E-state index contributed by atoms with van der Waals surface area (Å²) < 4.78 is 26.3. The van der Waals surface area contributed by atoms with Crippen molar-refractivity contribution in [2.45, 2.75) is 24.3 Å². The molecule has 1 aromatic carbocycles. The average Bonchev–Trinajstić information content (AvgIpc) is 2.73. The van der Waals surface area contributed by atoms with E-state index >= 15 is 0 Å². The Balaban J connectivity index is 2.28. The first kappa shape index (κ1) is 14.2. The second-order valence-corrected chi connectivity index (χ2v) is 7.41. The predicted octanol–water partition coefficient (Wildman–Crippen LogP) is 1.63. The molecular weight excluding hydrogens is 262 g/mol. The normalized spacial score (nSPS) is 21.8. The molecule has 0 bridgehead atoms. The molecule has 1 unspecified atom stereocenters. The SMILES string of the molecule is C=C1CN(S(=O)(=O)c2ccccc2)CC1C(C)(C)O. The molecule has 0 aliphatic carbocycles. The second-order valence-electron chi connectivity index (χ2n) is 5.48. The van der Waals surface area contributed by atoms with Gasteiger partial charge in [-0.05, 0) is 26.0 Å². The van der Waals surface area contributed by atoms with Gasteiger partial charge in [0.15, 0.2) is 0 Å². The van der Waals surface area contributed by atoms with Crippen LogP contribution < -0.4 is 0 Å². The van der Waals surface area contributed by atoms with Crippen molar-refractivity contribution in [1.29, 1.82) is 0 Å². The van der Waals surface area contributed by atoms with E-state index in [0.29, 0.717) is 0 Å². The standard InChI is InChI=1S/C14H19NO3S/c1-11-9-15(10-13(11)14(2,3)16)19(17,18)12-7-5-4-6-8-12/h4-8,13,16H,1,9-10H2,2-3H3. The quantitative estimate of drug-likeness (QED) is 0.857. The maximum absolute atomic E-state index is 12.5.